The number of aromatic nitrogens is 1. The number of nitrogens with one attached hydrogen (secondary N) is 2. The van der Waals surface area contributed by atoms with Crippen molar-refractivity contribution in [2.45, 2.75) is 19.4 Å². The summed E-state index contributed by atoms with van der Waals surface area (Å²) in [6.45, 7) is 3.78. The Balaban J connectivity index is 2.51. The Bertz CT molecular complexity index is 793. The number of hydrogen-bond acceptors (Lipinski definition) is 6. The molecule has 24 heavy (non-hydrogen) atoms. The van der Waals surface area contributed by atoms with Gasteiger partial charge in [-0.3, -0.25) is 0 Å². The van der Waals surface area contributed by atoms with Crippen molar-refractivity contribution in [3.05, 3.63) is 63.5 Å². The molecule has 0 bridgehead atoms. The Labute approximate surface area is 156 Å². The van der Waals surface area contributed by atoms with Crippen LogP contribution in [0.15, 0.2) is 36.5 Å². The number of nitro groups is 1. The third kappa shape index (κ3) is 3.78. The van der Waals surface area contributed by atoms with Crippen LogP contribution in [0.2, 0.25) is 0 Å². The number of pyridine rings is 1. The summed E-state index contributed by atoms with van der Waals surface area (Å²) in [4.78, 5) is 14.9. The van der Waals surface area contributed by atoms with Gasteiger partial charge in [0.25, 0.3) is 0 Å². The molecule has 0 aliphatic carbocycles. The molecule has 0 unspecified atom stereocenters. The van der Waals surface area contributed by atoms with Crippen LogP contribution in [0, 0.1) is 15.5 Å². The fraction of sp³-hybridized carbons (Fsp3) is 0.250. The van der Waals surface area contributed by atoms with E-state index in [0.29, 0.717) is 42.9 Å². The molecule has 0 saturated heterocycles. The predicted octanol–water partition coefficient (Wildman–Crippen LogP) is 2.78. The number of rotatable bonds is 6. The maximum atomic E-state index is 11.0. The Morgan fingerprint density at radius 1 is 1.38 bits per heavy atom. The van der Waals surface area contributed by atoms with E-state index in [1.165, 1.54) is 12.1 Å². The molecule has 0 fully saturated rings. The third-order valence-electron chi connectivity index (χ3n) is 3.81. The molecule has 2 aromatic rings. The van der Waals surface area contributed by atoms with Crippen molar-refractivity contribution in [1.29, 1.82) is 5.41 Å². The van der Waals surface area contributed by atoms with E-state index in [0.717, 1.165) is 5.69 Å². The monoisotopic (exact) mass is 518 g/mol. The molecule has 1 aromatic heterocycles. The second-order valence-electron chi connectivity index (χ2n) is 5.65. The number of nitro benzene ring substituents is 1. The van der Waals surface area contributed by atoms with Gasteiger partial charge in [-0.25, -0.2) is 0 Å². The molecule has 2 N–H and O–H groups in total. The number of ether oxygens (including phenoxy) is 1. The van der Waals surface area contributed by atoms with E-state index >= 15 is 0 Å². The quantitative estimate of drug-likeness (QED) is 0.266. The summed E-state index contributed by atoms with van der Waals surface area (Å²) in [6, 6.07) is 8.00. The third-order valence-corrected chi connectivity index (χ3v) is 5.02. The average molecular weight is 518 g/mol. The van der Waals surface area contributed by atoms with E-state index in [2.05, 4.69) is 8.11 Å². The Hall–Kier alpha value is -1.88. The number of nitrogens with zero attached hydrogens (tertiary/aromatic N) is 2. The number of benzene rings is 1. The van der Waals surface area contributed by atoms with Crippen LogP contribution in [-0.2, 0) is 10.3 Å². The van der Waals surface area contributed by atoms with E-state index in [9.17, 15) is 10.1 Å². The van der Waals surface area contributed by atoms with E-state index in [-0.39, 0.29) is 11.4 Å². The Kier molecular flexibility index (Phi) is 5.65. The Morgan fingerprint density at radius 3 is 2.67 bits per heavy atom. The number of non-ortho nitro benzene ring substituents is 1. The van der Waals surface area contributed by atoms with Gasteiger partial charge in [0.2, 0.25) is 0 Å². The van der Waals surface area contributed by atoms with Gasteiger partial charge in [0.1, 0.15) is 0 Å². The summed E-state index contributed by atoms with van der Waals surface area (Å²) in [6.07, 6.45) is 1.62. The van der Waals surface area contributed by atoms with Gasteiger partial charge in [-0.05, 0) is 0 Å². The molecule has 0 saturated carbocycles. The van der Waals surface area contributed by atoms with Crippen LogP contribution in [0.5, 0.6) is 0 Å². The predicted molar refractivity (Wildman–Crippen MR) is 92.7 cm³/mol. The minimum atomic E-state index is -0.584. The molecular formula is C16H17N4O3Tl. The summed E-state index contributed by atoms with van der Waals surface area (Å²) in [5.74, 6) is 0. The first-order valence-electron chi connectivity index (χ1n) is 7.16. The number of methoxy groups -OCH3 is 1. The molecule has 8 heteroatoms. The topological polar surface area (TPSA) is 101 Å². The summed E-state index contributed by atoms with van der Waals surface area (Å²) in [7, 11) is 1.60. The van der Waals surface area contributed by atoms with Crippen LogP contribution in [-0.4, -0.2) is 48.8 Å². The van der Waals surface area contributed by atoms with E-state index in [4.69, 9.17) is 10.1 Å². The zero-order valence-corrected chi connectivity index (χ0v) is 18.1. The van der Waals surface area contributed by atoms with E-state index in [1.807, 2.05) is 13.8 Å². The van der Waals surface area contributed by atoms with Gasteiger partial charge in [0.15, 0.2) is 0 Å². The van der Waals surface area contributed by atoms with Gasteiger partial charge in [0.05, 0.1) is 0 Å². The van der Waals surface area contributed by atoms with E-state index < -0.39 is 10.5 Å². The van der Waals surface area contributed by atoms with Crippen LogP contribution in [0.3, 0.4) is 0 Å². The van der Waals surface area contributed by atoms with Crippen molar-refractivity contribution in [3.63, 3.8) is 0 Å². The van der Waals surface area contributed by atoms with Crippen molar-refractivity contribution in [3.8, 4) is 0 Å². The first-order valence-corrected chi connectivity index (χ1v) is 9.40. The molecule has 0 radical (unpaired) electrons. The molecule has 7 nitrogen and oxygen atoms in total. The van der Waals surface area contributed by atoms with Gasteiger partial charge < -0.3 is 0 Å². The zero-order chi connectivity index (χ0) is 17.9. The fourth-order valence-corrected chi connectivity index (χ4v) is 3.13. The van der Waals surface area contributed by atoms with Gasteiger partial charge >= 0.3 is 156 Å². The molecular weight excluding hydrogens is 501 g/mol. The number of hydrogen-bond donors (Lipinski definition) is 2. The molecule has 2 rings (SSSR count). The van der Waals surface area contributed by atoms with Crippen LogP contribution in [0.1, 0.15) is 30.7 Å². The SMILES string of the molecule is COC(C)(C)c1cc(C(=N)c2cc([N+](=O)[O-])ccc2[NH][Tl])ccn1. The Morgan fingerprint density at radius 2 is 2.08 bits per heavy atom. The van der Waals surface area contributed by atoms with Crippen LogP contribution in [0.4, 0.5) is 11.4 Å². The van der Waals surface area contributed by atoms with Gasteiger partial charge in [-0.15, -0.1) is 0 Å². The molecule has 1 heterocycles. The van der Waals surface area contributed by atoms with Crippen LogP contribution in [0.25, 0.3) is 0 Å². The van der Waals surface area contributed by atoms with Crippen LogP contribution < -0.4 is 3.13 Å². The van der Waals surface area contributed by atoms with Crippen molar-refractivity contribution in [2.24, 2.45) is 0 Å². The van der Waals surface area contributed by atoms with Crippen molar-refractivity contribution in [2.75, 3.05) is 10.2 Å². The average Bonchev–Trinajstić information content (AvgIpc) is 2.60. The van der Waals surface area contributed by atoms with Crippen molar-refractivity contribution < 1.29 is 9.66 Å². The zero-order valence-electron chi connectivity index (χ0n) is 13.7. The molecule has 122 valence electrons. The van der Waals surface area contributed by atoms with Crippen molar-refractivity contribution in [1.82, 2.24) is 4.98 Å². The maximum absolute atomic E-state index is 11.0. The summed E-state index contributed by atoms with van der Waals surface area (Å²) >= 11 is 0.462. The first-order chi connectivity index (χ1) is 11.3. The summed E-state index contributed by atoms with van der Waals surface area (Å²) in [5, 5.41) is 19.5. The van der Waals surface area contributed by atoms with Gasteiger partial charge in [0, 0.05) is 0 Å². The molecule has 0 amide bonds. The number of anilines is 1. The minimum absolute atomic E-state index is 0.0368. The van der Waals surface area contributed by atoms with Crippen LogP contribution >= 0.6 is 0 Å². The molecule has 0 aliphatic heterocycles. The second kappa shape index (κ2) is 7.35. The molecule has 0 atom stereocenters. The molecule has 1 aromatic carbocycles. The van der Waals surface area contributed by atoms with Gasteiger partial charge in [-0.2, -0.15) is 0 Å². The molecule has 0 spiro atoms. The standard InChI is InChI=1S/C16H17N4O3.Tl/c1-16(2,23-3)14-8-10(6-7-19-14)15(18)12-9-11(20(21)22)4-5-13(12)17;/h4-9,17-18H,1-3H3;/q-1;+1. The molecule has 0 aliphatic rings. The normalized spacial score (nSPS) is 11.1. The second-order valence-corrected chi connectivity index (χ2v) is 6.77. The van der Waals surface area contributed by atoms with Crippen molar-refractivity contribution >= 4 is 43.2 Å². The fourth-order valence-electron chi connectivity index (χ4n) is 2.15. The summed E-state index contributed by atoms with van der Waals surface area (Å²) < 4.78 is 8.56. The first kappa shape index (κ1) is 18.5. The van der Waals surface area contributed by atoms with Gasteiger partial charge in [-0.1, -0.05) is 0 Å². The summed E-state index contributed by atoms with van der Waals surface area (Å²) in [5.41, 5.74) is 2.13. The van der Waals surface area contributed by atoms with E-state index in [1.54, 1.807) is 31.5 Å².